The molecule has 0 aliphatic heterocycles. The van der Waals surface area contributed by atoms with Crippen LogP contribution in [0.15, 0.2) is 36.4 Å². The minimum absolute atomic E-state index is 0.384. The normalized spacial score (nSPS) is 10.3. The number of nitrogens with one attached hydrogen (secondary N) is 2. The van der Waals surface area contributed by atoms with Crippen molar-refractivity contribution in [2.24, 2.45) is 0 Å². The van der Waals surface area contributed by atoms with Crippen molar-refractivity contribution in [2.75, 3.05) is 10.6 Å². The molecule has 0 unspecified atom stereocenters. The Morgan fingerprint density at radius 1 is 1.04 bits per heavy atom. The Morgan fingerprint density at radius 2 is 1.74 bits per heavy atom. The number of para-hydroxylation sites is 1. The maximum atomic E-state index is 13.5. The SMILES string of the molecule is CCc1cccc(C)c1NC(=O)C(=O)Nc1cc(F)ccc1F. The highest BCUT2D eigenvalue weighted by atomic mass is 19.1. The summed E-state index contributed by atoms with van der Waals surface area (Å²) in [6.45, 7) is 3.73. The first-order valence-corrected chi connectivity index (χ1v) is 7.08. The maximum Gasteiger partial charge on any atom is 0.314 e. The van der Waals surface area contributed by atoms with Crippen LogP contribution < -0.4 is 10.6 Å². The molecule has 0 aliphatic carbocycles. The molecular formula is C17H16F2N2O2. The number of aryl methyl sites for hydroxylation is 2. The largest absolute Gasteiger partial charge is 0.317 e. The monoisotopic (exact) mass is 318 g/mol. The Labute approximate surface area is 132 Å². The molecule has 0 aliphatic rings. The smallest absolute Gasteiger partial charge is 0.314 e. The van der Waals surface area contributed by atoms with Gasteiger partial charge in [-0.15, -0.1) is 0 Å². The Kier molecular flexibility index (Phi) is 5.05. The van der Waals surface area contributed by atoms with Crippen molar-refractivity contribution in [3.8, 4) is 0 Å². The lowest BCUT2D eigenvalue weighted by atomic mass is 10.1. The minimum atomic E-state index is -1.07. The highest BCUT2D eigenvalue weighted by molar-refractivity contribution is 6.43. The van der Waals surface area contributed by atoms with E-state index in [0.717, 1.165) is 29.3 Å². The Hall–Kier alpha value is -2.76. The maximum absolute atomic E-state index is 13.5. The third-order valence-electron chi connectivity index (χ3n) is 3.36. The fraction of sp³-hybridized carbons (Fsp3) is 0.176. The molecule has 23 heavy (non-hydrogen) atoms. The van der Waals surface area contributed by atoms with Crippen LogP contribution in [0.3, 0.4) is 0 Å². The fourth-order valence-electron chi connectivity index (χ4n) is 2.14. The van der Waals surface area contributed by atoms with E-state index in [1.807, 2.05) is 19.1 Å². The molecule has 0 radical (unpaired) electrons. The summed E-state index contributed by atoms with van der Waals surface area (Å²) in [5.41, 5.74) is 1.85. The van der Waals surface area contributed by atoms with Crippen LogP contribution in [0.2, 0.25) is 0 Å². The van der Waals surface area contributed by atoms with Crippen molar-refractivity contribution in [1.82, 2.24) is 0 Å². The van der Waals surface area contributed by atoms with Gasteiger partial charge < -0.3 is 10.6 Å². The second-order valence-electron chi connectivity index (χ2n) is 5.00. The summed E-state index contributed by atoms with van der Waals surface area (Å²) in [7, 11) is 0. The fourth-order valence-corrected chi connectivity index (χ4v) is 2.14. The Morgan fingerprint density at radius 3 is 2.43 bits per heavy atom. The third kappa shape index (κ3) is 3.91. The van der Waals surface area contributed by atoms with Crippen LogP contribution in [-0.4, -0.2) is 11.8 Å². The van der Waals surface area contributed by atoms with E-state index in [9.17, 15) is 18.4 Å². The Bertz CT molecular complexity index is 760. The summed E-state index contributed by atoms with van der Waals surface area (Å²) in [6.07, 6.45) is 0.678. The topological polar surface area (TPSA) is 58.2 Å². The summed E-state index contributed by atoms with van der Waals surface area (Å²) < 4.78 is 26.6. The summed E-state index contributed by atoms with van der Waals surface area (Å²) in [5, 5.41) is 4.58. The lowest BCUT2D eigenvalue weighted by molar-refractivity contribution is -0.133. The van der Waals surface area contributed by atoms with Crippen molar-refractivity contribution in [1.29, 1.82) is 0 Å². The van der Waals surface area contributed by atoms with Gasteiger partial charge in [-0.05, 0) is 36.6 Å². The first kappa shape index (κ1) is 16.6. The summed E-state index contributed by atoms with van der Waals surface area (Å²) in [5.74, 6) is -3.55. The summed E-state index contributed by atoms with van der Waals surface area (Å²) >= 11 is 0. The van der Waals surface area contributed by atoms with Crippen molar-refractivity contribution in [3.63, 3.8) is 0 Å². The molecule has 2 N–H and O–H groups in total. The van der Waals surface area contributed by atoms with Gasteiger partial charge in [-0.25, -0.2) is 8.78 Å². The Balaban J connectivity index is 2.15. The first-order chi connectivity index (χ1) is 10.9. The number of carbonyl (C=O) groups excluding carboxylic acids is 2. The zero-order chi connectivity index (χ0) is 17.0. The van der Waals surface area contributed by atoms with Crippen LogP contribution in [0.25, 0.3) is 0 Å². The van der Waals surface area contributed by atoms with Crippen LogP contribution in [0.1, 0.15) is 18.1 Å². The van der Waals surface area contributed by atoms with Crippen molar-refractivity contribution in [3.05, 3.63) is 59.2 Å². The summed E-state index contributed by atoms with van der Waals surface area (Å²) in [6, 6.07) is 8.11. The van der Waals surface area contributed by atoms with Gasteiger partial charge in [0, 0.05) is 11.8 Å². The number of benzene rings is 2. The number of halogens is 2. The second-order valence-corrected chi connectivity index (χ2v) is 5.00. The van der Waals surface area contributed by atoms with E-state index in [0.29, 0.717) is 12.1 Å². The quantitative estimate of drug-likeness (QED) is 0.852. The van der Waals surface area contributed by atoms with Gasteiger partial charge in [-0.3, -0.25) is 9.59 Å². The van der Waals surface area contributed by atoms with E-state index < -0.39 is 23.4 Å². The van der Waals surface area contributed by atoms with Crippen molar-refractivity contribution in [2.45, 2.75) is 20.3 Å². The number of hydrogen-bond acceptors (Lipinski definition) is 2. The molecule has 120 valence electrons. The van der Waals surface area contributed by atoms with E-state index >= 15 is 0 Å². The van der Waals surface area contributed by atoms with E-state index in [-0.39, 0.29) is 5.69 Å². The molecule has 2 aromatic rings. The number of carbonyl (C=O) groups is 2. The standard InChI is InChI=1S/C17H16F2N2O2/c1-3-11-6-4-5-10(2)15(11)21-17(23)16(22)20-14-9-12(18)7-8-13(14)19/h4-9H,3H2,1-2H3,(H,20,22)(H,21,23). The van der Waals surface area contributed by atoms with Crippen molar-refractivity contribution >= 4 is 23.2 Å². The number of anilines is 2. The van der Waals surface area contributed by atoms with E-state index in [2.05, 4.69) is 10.6 Å². The van der Waals surface area contributed by atoms with Gasteiger partial charge in [0.25, 0.3) is 0 Å². The predicted molar refractivity (Wildman–Crippen MR) is 84.2 cm³/mol. The van der Waals surface area contributed by atoms with Gasteiger partial charge in [0.05, 0.1) is 5.69 Å². The second kappa shape index (κ2) is 7.00. The van der Waals surface area contributed by atoms with Crippen molar-refractivity contribution < 1.29 is 18.4 Å². The zero-order valence-electron chi connectivity index (χ0n) is 12.7. The highest BCUT2D eigenvalue weighted by Gasteiger charge is 2.18. The average molecular weight is 318 g/mol. The summed E-state index contributed by atoms with van der Waals surface area (Å²) in [4.78, 5) is 23.9. The third-order valence-corrected chi connectivity index (χ3v) is 3.36. The first-order valence-electron chi connectivity index (χ1n) is 7.08. The molecule has 2 rings (SSSR count). The van der Waals surface area contributed by atoms with Gasteiger partial charge in [-0.1, -0.05) is 25.1 Å². The van der Waals surface area contributed by atoms with Crippen LogP contribution in [0.5, 0.6) is 0 Å². The van der Waals surface area contributed by atoms with Crippen LogP contribution in [0, 0.1) is 18.6 Å². The molecule has 2 aromatic carbocycles. The zero-order valence-corrected chi connectivity index (χ0v) is 12.7. The predicted octanol–water partition coefficient (Wildman–Crippen LogP) is 3.41. The molecular weight excluding hydrogens is 302 g/mol. The molecule has 0 fully saturated rings. The lowest BCUT2D eigenvalue weighted by Gasteiger charge is -2.13. The minimum Gasteiger partial charge on any atom is -0.317 e. The van der Waals surface area contributed by atoms with Crippen LogP contribution >= 0.6 is 0 Å². The highest BCUT2D eigenvalue weighted by Crippen LogP contribution is 2.21. The molecule has 0 spiro atoms. The van der Waals surface area contributed by atoms with Gasteiger partial charge in [0.15, 0.2) is 0 Å². The van der Waals surface area contributed by atoms with Crippen LogP contribution in [-0.2, 0) is 16.0 Å². The van der Waals surface area contributed by atoms with Gasteiger partial charge in [0.2, 0.25) is 0 Å². The molecule has 2 amide bonds. The molecule has 0 bridgehead atoms. The van der Waals surface area contributed by atoms with E-state index in [1.54, 1.807) is 13.0 Å². The molecule has 0 saturated carbocycles. The molecule has 4 nitrogen and oxygen atoms in total. The van der Waals surface area contributed by atoms with Gasteiger partial charge >= 0.3 is 11.8 Å². The molecule has 6 heteroatoms. The van der Waals surface area contributed by atoms with Gasteiger partial charge in [-0.2, -0.15) is 0 Å². The van der Waals surface area contributed by atoms with E-state index in [4.69, 9.17) is 0 Å². The average Bonchev–Trinajstić information content (AvgIpc) is 2.52. The van der Waals surface area contributed by atoms with E-state index in [1.165, 1.54) is 0 Å². The lowest BCUT2D eigenvalue weighted by Crippen LogP contribution is -2.30. The number of rotatable bonds is 3. The molecule has 0 aromatic heterocycles. The molecule has 0 heterocycles. The molecule has 0 saturated heterocycles. The van der Waals surface area contributed by atoms with Crippen LogP contribution in [0.4, 0.5) is 20.2 Å². The number of amides is 2. The number of hydrogen-bond donors (Lipinski definition) is 2. The molecule has 0 atom stereocenters. The van der Waals surface area contributed by atoms with Gasteiger partial charge in [0.1, 0.15) is 11.6 Å².